The van der Waals surface area contributed by atoms with E-state index in [9.17, 15) is 13.2 Å². The zero-order valence-corrected chi connectivity index (χ0v) is 10.4. The summed E-state index contributed by atoms with van der Waals surface area (Å²) in [5, 5.41) is 0. The van der Waals surface area contributed by atoms with Crippen LogP contribution in [0.3, 0.4) is 0 Å². The van der Waals surface area contributed by atoms with E-state index in [-0.39, 0.29) is 0 Å². The van der Waals surface area contributed by atoms with Crippen molar-refractivity contribution in [3.63, 3.8) is 0 Å². The highest BCUT2D eigenvalue weighted by molar-refractivity contribution is 7.81. The van der Waals surface area contributed by atoms with Crippen LogP contribution in [0.5, 0.6) is 0 Å². The lowest BCUT2D eigenvalue weighted by molar-refractivity contribution is -0.0303. The largest absolute Gasteiger partial charge is 0.438 e. The number of nitrogens with zero attached hydrogens (tertiary/aromatic N) is 2. The monoisotopic (exact) mass is 264 g/mol. The Morgan fingerprint density at radius 2 is 2.12 bits per heavy atom. The second-order valence-corrected chi connectivity index (χ2v) is 4.40. The minimum Gasteiger partial charge on any atom is -0.299 e. The van der Waals surface area contributed by atoms with Gasteiger partial charge in [-0.15, -0.1) is 0 Å². The predicted molar refractivity (Wildman–Crippen MR) is 63.9 cm³/mol. The van der Waals surface area contributed by atoms with Crippen LogP contribution >= 0.6 is 12.6 Å². The molecule has 1 aromatic heterocycles. The summed E-state index contributed by atoms with van der Waals surface area (Å²) < 4.78 is 30.7. The molecule has 1 aromatic rings. The molecule has 0 N–H and O–H groups in total. The van der Waals surface area contributed by atoms with Gasteiger partial charge in [0.2, 0.25) is 0 Å². The van der Waals surface area contributed by atoms with Gasteiger partial charge in [0.25, 0.3) is 0 Å². The second-order valence-electron chi connectivity index (χ2n) is 3.89. The van der Waals surface area contributed by atoms with Crippen molar-refractivity contribution in [3.05, 3.63) is 30.1 Å². The number of halogens is 3. The molecule has 2 heterocycles. The smallest absolute Gasteiger partial charge is 0.299 e. The number of thiol groups is 1. The van der Waals surface area contributed by atoms with Gasteiger partial charge >= 0.3 is 5.51 Å². The third-order valence-corrected chi connectivity index (χ3v) is 2.59. The summed E-state index contributed by atoms with van der Waals surface area (Å²) in [5.41, 5.74) is -2.95. The van der Waals surface area contributed by atoms with Crippen LogP contribution in [0.15, 0.2) is 24.5 Å². The fraction of sp³-hybridized carbons (Fsp3) is 0.545. The molecule has 6 heteroatoms. The molecule has 0 saturated carbocycles. The first-order valence-corrected chi connectivity index (χ1v) is 5.72. The van der Waals surface area contributed by atoms with Gasteiger partial charge in [-0.3, -0.25) is 9.88 Å². The summed E-state index contributed by atoms with van der Waals surface area (Å²) >= 11 is 2.12. The molecule has 1 unspecified atom stereocenters. The van der Waals surface area contributed by atoms with E-state index < -0.39 is 5.51 Å². The van der Waals surface area contributed by atoms with Gasteiger partial charge < -0.3 is 0 Å². The van der Waals surface area contributed by atoms with Gasteiger partial charge in [-0.1, -0.05) is 18.7 Å². The highest BCUT2D eigenvalue weighted by atomic mass is 32.1. The standard InChI is InChI=1S/C10H14N2.CHF3S/c1-12-7-3-5-10(12)9-4-2-6-11-8-9;2-1(3,4)5/h2,4,6,8,10H,3,5,7H2,1H3;5H. The third-order valence-electron chi connectivity index (χ3n) is 2.59. The van der Waals surface area contributed by atoms with Crippen LogP contribution in [-0.2, 0) is 0 Å². The molecule has 1 atom stereocenters. The van der Waals surface area contributed by atoms with Crippen molar-refractivity contribution in [2.45, 2.75) is 24.4 Å². The maximum atomic E-state index is 10.2. The minimum absolute atomic E-state index is 0.610. The maximum Gasteiger partial charge on any atom is 0.438 e. The van der Waals surface area contributed by atoms with E-state index in [1.807, 2.05) is 18.5 Å². The van der Waals surface area contributed by atoms with E-state index >= 15 is 0 Å². The molecule has 0 aliphatic carbocycles. The van der Waals surface area contributed by atoms with Crippen LogP contribution in [0.25, 0.3) is 0 Å². The maximum absolute atomic E-state index is 10.2. The Bertz CT molecular complexity index is 323. The van der Waals surface area contributed by atoms with Crippen LogP contribution in [0, 0.1) is 0 Å². The Kier molecular flexibility index (Phi) is 5.27. The summed E-state index contributed by atoms with van der Waals surface area (Å²) in [6.07, 6.45) is 6.41. The van der Waals surface area contributed by atoms with E-state index in [0.29, 0.717) is 6.04 Å². The third kappa shape index (κ3) is 5.93. The zero-order chi connectivity index (χ0) is 12.9. The fourth-order valence-corrected chi connectivity index (χ4v) is 1.90. The van der Waals surface area contributed by atoms with Crippen LogP contribution in [0.1, 0.15) is 24.4 Å². The van der Waals surface area contributed by atoms with Crippen molar-refractivity contribution in [1.29, 1.82) is 0 Å². The normalized spacial score (nSPS) is 20.9. The number of likely N-dealkylation sites (tertiary alicyclic amines) is 1. The Hall–Kier alpha value is -0.750. The fourth-order valence-electron chi connectivity index (χ4n) is 1.90. The summed E-state index contributed by atoms with van der Waals surface area (Å²) in [4.78, 5) is 6.54. The summed E-state index contributed by atoms with van der Waals surface area (Å²) in [5.74, 6) is 0. The quantitative estimate of drug-likeness (QED) is 0.783. The Labute approximate surface area is 104 Å². The lowest BCUT2D eigenvalue weighted by atomic mass is 10.1. The predicted octanol–water partition coefficient (Wildman–Crippen LogP) is 3.28. The van der Waals surface area contributed by atoms with Gasteiger partial charge in [-0.2, -0.15) is 13.2 Å². The van der Waals surface area contributed by atoms with E-state index in [1.165, 1.54) is 24.9 Å². The van der Waals surface area contributed by atoms with Crippen LogP contribution < -0.4 is 0 Å². The molecule has 0 spiro atoms. The first-order valence-electron chi connectivity index (χ1n) is 5.27. The number of alkyl halides is 3. The molecular formula is C11H15F3N2S. The van der Waals surface area contributed by atoms with Gasteiger partial charge in [0, 0.05) is 18.4 Å². The average Bonchev–Trinajstić information content (AvgIpc) is 2.63. The van der Waals surface area contributed by atoms with Crippen molar-refractivity contribution in [3.8, 4) is 0 Å². The molecule has 1 fully saturated rings. The molecule has 0 bridgehead atoms. The Morgan fingerprint density at radius 3 is 2.53 bits per heavy atom. The van der Waals surface area contributed by atoms with Crippen molar-refractivity contribution in [2.24, 2.45) is 0 Å². The number of hydrogen-bond acceptors (Lipinski definition) is 3. The minimum atomic E-state index is -4.31. The molecule has 1 aliphatic heterocycles. The second kappa shape index (κ2) is 6.26. The van der Waals surface area contributed by atoms with E-state index in [2.05, 4.69) is 35.6 Å². The Balaban J connectivity index is 0.000000249. The van der Waals surface area contributed by atoms with Crippen molar-refractivity contribution < 1.29 is 13.2 Å². The molecule has 1 saturated heterocycles. The first-order chi connectivity index (χ1) is 7.88. The van der Waals surface area contributed by atoms with Gasteiger partial charge in [0.1, 0.15) is 0 Å². The number of hydrogen-bond donors (Lipinski definition) is 1. The van der Waals surface area contributed by atoms with Crippen molar-refractivity contribution >= 4 is 12.6 Å². The summed E-state index contributed by atoms with van der Waals surface area (Å²) in [6, 6.07) is 4.79. The van der Waals surface area contributed by atoms with Gasteiger partial charge in [0.05, 0.1) is 0 Å². The lowest BCUT2D eigenvalue weighted by Gasteiger charge is -2.18. The van der Waals surface area contributed by atoms with Crippen LogP contribution in [-0.4, -0.2) is 29.0 Å². The molecule has 17 heavy (non-hydrogen) atoms. The number of aromatic nitrogens is 1. The molecule has 2 rings (SSSR count). The molecule has 1 aliphatic rings. The van der Waals surface area contributed by atoms with Crippen molar-refractivity contribution in [1.82, 2.24) is 9.88 Å². The molecule has 0 amide bonds. The molecule has 2 nitrogen and oxygen atoms in total. The van der Waals surface area contributed by atoms with Gasteiger partial charge in [0.15, 0.2) is 0 Å². The summed E-state index contributed by atoms with van der Waals surface area (Å²) in [6.45, 7) is 1.22. The summed E-state index contributed by atoms with van der Waals surface area (Å²) in [7, 11) is 2.19. The van der Waals surface area contributed by atoms with Gasteiger partial charge in [-0.25, -0.2) is 0 Å². The van der Waals surface area contributed by atoms with Crippen molar-refractivity contribution in [2.75, 3.05) is 13.6 Å². The van der Waals surface area contributed by atoms with Gasteiger partial charge in [-0.05, 0) is 38.1 Å². The highest BCUT2D eigenvalue weighted by Gasteiger charge is 2.22. The molecule has 0 aromatic carbocycles. The molecule has 96 valence electrons. The number of pyridine rings is 1. The SMILES string of the molecule is CN1CCCC1c1cccnc1.FC(F)(F)S. The molecule has 0 radical (unpaired) electrons. The molecular weight excluding hydrogens is 249 g/mol. The van der Waals surface area contributed by atoms with E-state index in [1.54, 1.807) is 0 Å². The average molecular weight is 264 g/mol. The zero-order valence-electron chi connectivity index (χ0n) is 9.48. The number of rotatable bonds is 1. The Morgan fingerprint density at radius 1 is 1.47 bits per heavy atom. The van der Waals surface area contributed by atoms with Crippen LogP contribution in [0.2, 0.25) is 0 Å². The van der Waals surface area contributed by atoms with E-state index in [4.69, 9.17) is 0 Å². The van der Waals surface area contributed by atoms with E-state index in [0.717, 1.165) is 0 Å². The first kappa shape index (κ1) is 14.3. The van der Waals surface area contributed by atoms with Crippen LogP contribution in [0.4, 0.5) is 13.2 Å². The highest BCUT2D eigenvalue weighted by Crippen LogP contribution is 2.29. The topological polar surface area (TPSA) is 16.1 Å². The lowest BCUT2D eigenvalue weighted by Crippen LogP contribution is -2.17.